The van der Waals surface area contributed by atoms with Crippen LogP contribution in [0, 0.1) is 5.82 Å². The van der Waals surface area contributed by atoms with Crippen molar-refractivity contribution in [3.05, 3.63) is 65.5 Å². The van der Waals surface area contributed by atoms with E-state index in [0.717, 1.165) is 18.4 Å². The number of amides is 2. The summed E-state index contributed by atoms with van der Waals surface area (Å²) in [6, 6.07) is 11.4. The van der Waals surface area contributed by atoms with Gasteiger partial charge in [-0.1, -0.05) is 24.3 Å². The van der Waals surface area contributed by atoms with Gasteiger partial charge in [-0.2, -0.15) is 8.78 Å². The Balaban J connectivity index is 1.43. The number of benzene rings is 2. The topological polar surface area (TPSA) is 58.6 Å². The van der Waals surface area contributed by atoms with E-state index >= 15 is 0 Å². The van der Waals surface area contributed by atoms with Crippen molar-refractivity contribution in [3.63, 3.8) is 0 Å². The third-order valence-electron chi connectivity index (χ3n) is 6.06. The van der Waals surface area contributed by atoms with Crippen LogP contribution in [0.25, 0.3) is 0 Å². The molecule has 164 valence electrons. The second-order valence-corrected chi connectivity index (χ2v) is 8.04. The van der Waals surface area contributed by atoms with Gasteiger partial charge in [0, 0.05) is 18.5 Å². The molecule has 0 radical (unpaired) electrons. The SMILES string of the molecule is O=C(NCC1(c2ccc(F)cc2)CC1)C1CCCN1C(=O)c1ccccc1OC(F)F. The van der Waals surface area contributed by atoms with Gasteiger partial charge >= 0.3 is 6.61 Å². The summed E-state index contributed by atoms with van der Waals surface area (Å²) in [5, 5.41) is 2.95. The molecular formula is C23H23F3N2O3. The van der Waals surface area contributed by atoms with E-state index in [9.17, 15) is 22.8 Å². The van der Waals surface area contributed by atoms with E-state index in [2.05, 4.69) is 10.1 Å². The molecule has 1 saturated heterocycles. The van der Waals surface area contributed by atoms with Crippen molar-refractivity contribution < 1.29 is 27.5 Å². The molecular weight excluding hydrogens is 409 g/mol. The van der Waals surface area contributed by atoms with E-state index in [1.54, 1.807) is 18.2 Å². The number of alkyl halides is 2. The summed E-state index contributed by atoms with van der Waals surface area (Å²) in [7, 11) is 0. The maximum absolute atomic E-state index is 13.2. The van der Waals surface area contributed by atoms with E-state index in [4.69, 9.17) is 0 Å². The minimum absolute atomic E-state index is 0.00692. The normalized spacial score (nSPS) is 19.4. The molecule has 4 rings (SSSR count). The summed E-state index contributed by atoms with van der Waals surface area (Å²) >= 11 is 0. The smallest absolute Gasteiger partial charge is 0.387 e. The van der Waals surface area contributed by atoms with Gasteiger partial charge in [-0.15, -0.1) is 0 Å². The van der Waals surface area contributed by atoms with E-state index < -0.39 is 18.6 Å². The van der Waals surface area contributed by atoms with Crippen LogP contribution in [-0.2, 0) is 10.2 Å². The van der Waals surface area contributed by atoms with Crippen molar-refractivity contribution in [1.82, 2.24) is 10.2 Å². The molecule has 2 aliphatic rings. The standard InChI is InChI=1S/C23H23F3N2O3/c24-16-9-7-15(8-10-16)23(11-12-23)14-27-20(29)18-5-3-13-28(18)21(30)17-4-1-2-6-19(17)31-22(25)26/h1-2,4,6-10,18,22H,3,5,11-14H2,(H,27,29). The molecule has 1 atom stereocenters. The molecule has 2 amide bonds. The molecule has 5 nitrogen and oxygen atoms in total. The van der Waals surface area contributed by atoms with E-state index in [1.807, 2.05) is 0 Å². The largest absolute Gasteiger partial charge is 0.434 e. The Hall–Kier alpha value is -3.03. The molecule has 1 N–H and O–H groups in total. The monoisotopic (exact) mass is 432 g/mol. The number of ether oxygens (including phenoxy) is 1. The molecule has 1 unspecified atom stereocenters. The van der Waals surface area contributed by atoms with Gasteiger partial charge in [-0.3, -0.25) is 9.59 Å². The summed E-state index contributed by atoms with van der Waals surface area (Å²) < 4.78 is 43.1. The van der Waals surface area contributed by atoms with Crippen molar-refractivity contribution >= 4 is 11.8 Å². The van der Waals surface area contributed by atoms with Gasteiger partial charge in [-0.05, 0) is 55.5 Å². The van der Waals surface area contributed by atoms with Crippen LogP contribution in [0.15, 0.2) is 48.5 Å². The third-order valence-corrected chi connectivity index (χ3v) is 6.06. The Morgan fingerprint density at radius 3 is 2.52 bits per heavy atom. The highest BCUT2D eigenvalue weighted by molar-refractivity contribution is 6.00. The van der Waals surface area contributed by atoms with Crippen molar-refractivity contribution in [3.8, 4) is 5.75 Å². The molecule has 31 heavy (non-hydrogen) atoms. The average molecular weight is 432 g/mol. The number of para-hydroxylation sites is 1. The highest BCUT2D eigenvalue weighted by atomic mass is 19.3. The van der Waals surface area contributed by atoms with Gasteiger partial charge in [0.25, 0.3) is 5.91 Å². The second kappa shape index (κ2) is 8.61. The quantitative estimate of drug-likeness (QED) is 0.723. The molecule has 1 saturated carbocycles. The average Bonchev–Trinajstić information content (AvgIpc) is 3.38. The van der Waals surface area contributed by atoms with Gasteiger partial charge < -0.3 is 15.0 Å². The van der Waals surface area contributed by atoms with Crippen molar-refractivity contribution in [1.29, 1.82) is 0 Å². The van der Waals surface area contributed by atoms with E-state index in [-0.39, 0.29) is 28.5 Å². The Labute approximate surface area is 178 Å². The molecule has 1 aliphatic carbocycles. The van der Waals surface area contributed by atoms with Crippen LogP contribution in [0.5, 0.6) is 5.75 Å². The fourth-order valence-corrected chi connectivity index (χ4v) is 4.18. The first-order valence-corrected chi connectivity index (χ1v) is 10.3. The summed E-state index contributed by atoms with van der Waals surface area (Å²) in [4.78, 5) is 27.3. The van der Waals surface area contributed by atoms with Gasteiger partial charge in [0.2, 0.25) is 5.91 Å². The molecule has 8 heteroatoms. The molecule has 2 fully saturated rings. The molecule has 1 aliphatic heterocycles. The first-order valence-electron chi connectivity index (χ1n) is 10.3. The number of hydrogen-bond acceptors (Lipinski definition) is 3. The zero-order valence-electron chi connectivity index (χ0n) is 16.8. The van der Waals surface area contributed by atoms with Gasteiger partial charge in [0.05, 0.1) is 5.56 Å². The number of nitrogens with zero attached hydrogens (tertiary/aromatic N) is 1. The summed E-state index contributed by atoms with van der Waals surface area (Å²) in [5.74, 6) is -1.29. The first-order chi connectivity index (χ1) is 14.9. The Bertz CT molecular complexity index is 961. The second-order valence-electron chi connectivity index (χ2n) is 8.04. The molecule has 0 bridgehead atoms. The van der Waals surface area contributed by atoms with E-state index in [1.165, 1.54) is 35.2 Å². The number of likely N-dealkylation sites (tertiary alicyclic amines) is 1. The zero-order valence-corrected chi connectivity index (χ0v) is 16.8. The van der Waals surface area contributed by atoms with Crippen LogP contribution in [0.2, 0.25) is 0 Å². The van der Waals surface area contributed by atoms with Gasteiger partial charge in [0.1, 0.15) is 17.6 Å². The third kappa shape index (κ3) is 4.52. The Morgan fingerprint density at radius 1 is 1.13 bits per heavy atom. The Morgan fingerprint density at radius 2 is 1.84 bits per heavy atom. The number of carbonyl (C=O) groups is 2. The zero-order chi connectivity index (χ0) is 22.0. The van der Waals surface area contributed by atoms with Crippen LogP contribution in [0.1, 0.15) is 41.6 Å². The lowest BCUT2D eigenvalue weighted by Crippen LogP contribution is -2.47. The highest BCUT2D eigenvalue weighted by Gasteiger charge is 2.45. The number of nitrogens with one attached hydrogen (secondary N) is 1. The van der Waals surface area contributed by atoms with Crippen LogP contribution in [0.4, 0.5) is 13.2 Å². The predicted molar refractivity (Wildman–Crippen MR) is 107 cm³/mol. The predicted octanol–water partition coefficient (Wildman–Crippen LogP) is 3.88. The lowest BCUT2D eigenvalue weighted by atomic mass is 9.95. The van der Waals surface area contributed by atoms with E-state index in [0.29, 0.717) is 25.9 Å². The van der Waals surface area contributed by atoms with Crippen molar-refractivity contribution in [2.45, 2.75) is 43.8 Å². The molecule has 0 aromatic heterocycles. The number of carbonyl (C=O) groups excluding carboxylic acids is 2. The number of hydrogen-bond donors (Lipinski definition) is 1. The van der Waals surface area contributed by atoms with Crippen LogP contribution < -0.4 is 10.1 Å². The van der Waals surface area contributed by atoms with Crippen LogP contribution >= 0.6 is 0 Å². The lowest BCUT2D eigenvalue weighted by Gasteiger charge is -2.26. The van der Waals surface area contributed by atoms with Gasteiger partial charge in [-0.25, -0.2) is 4.39 Å². The number of rotatable bonds is 7. The van der Waals surface area contributed by atoms with Crippen molar-refractivity contribution in [2.75, 3.05) is 13.1 Å². The number of halogens is 3. The molecule has 0 spiro atoms. The maximum Gasteiger partial charge on any atom is 0.387 e. The highest BCUT2D eigenvalue weighted by Crippen LogP contribution is 2.47. The van der Waals surface area contributed by atoms with Crippen LogP contribution in [0.3, 0.4) is 0 Å². The van der Waals surface area contributed by atoms with Crippen molar-refractivity contribution in [2.24, 2.45) is 0 Å². The van der Waals surface area contributed by atoms with Gasteiger partial charge in [0.15, 0.2) is 0 Å². The summed E-state index contributed by atoms with van der Waals surface area (Å²) in [5.41, 5.74) is 0.785. The Kier molecular flexibility index (Phi) is 5.89. The van der Waals surface area contributed by atoms with Crippen LogP contribution in [-0.4, -0.2) is 42.5 Å². The summed E-state index contributed by atoms with van der Waals surface area (Å²) in [6.45, 7) is -2.28. The maximum atomic E-state index is 13.2. The fraction of sp³-hybridized carbons (Fsp3) is 0.391. The molecule has 1 heterocycles. The minimum Gasteiger partial charge on any atom is -0.434 e. The fourth-order valence-electron chi connectivity index (χ4n) is 4.18. The lowest BCUT2D eigenvalue weighted by molar-refractivity contribution is -0.125. The first kappa shape index (κ1) is 21.2. The molecule has 2 aromatic rings. The minimum atomic E-state index is -3.05. The summed E-state index contributed by atoms with van der Waals surface area (Å²) in [6.07, 6.45) is 2.93. The molecule has 2 aromatic carbocycles.